The predicted molar refractivity (Wildman–Crippen MR) is 91.0 cm³/mol. The smallest absolute Gasteiger partial charge is 0.127 e. The van der Waals surface area contributed by atoms with Gasteiger partial charge >= 0.3 is 0 Å². The Morgan fingerprint density at radius 1 is 1.17 bits per heavy atom. The Kier molecular flexibility index (Phi) is 4.28. The number of hydrogen-bond acceptors (Lipinski definition) is 3. The standard InChI is InChI=1S/C20H22O3/c1-13(2)3-4-15-11-16(6-9-18(15)22)19-10-7-14-5-8-17(21)12-20(14)23-19/h3,5-6,8-9,11-12,19,21-22H,4,7,10H2,1-2H3/t19-/m1/s1. The number of fused-ring (bicyclic) bond motifs is 1. The number of phenols is 2. The maximum Gasteiger partial charge on any atom is 0.127 e. The van der Waals surface area contributed by atoms with E-state index in [2.05, 4.69) is 19.9 Å². The van der Waals surface area contributed by atoms with Gasteiger partial charge < -0.3 is 14.9 Å². The van der Waals surface area contributed by atoms with Crippen molar-refractivity contribution in [3.05, 3.63) is 64.7 Å². The van der Waals surface area contributed by atoms with E-state index in [0.29, 0.717) is 12.2 Å². The molecule has 0 radical (unpaired) electrons. The molecular weight excluding hydrogens is 288 g/mol. The maximum absolute atomic E-state index is 10.0. The Morgan fingerprint density at radius 3 is 2.78 bits per heavy atom. The van der Waals surface area contributed by atoms with E-state index in [9.17, 15) is 10.2 Å². The van der Waals surface area contributed by atoms with Crippen LogP contribution in [0.25, 0.3) is 0 Å². The van der Waals surface area contributed by atoms with Crippen LogP contribution in [-0.2, 0) is 12.8 Å². The minimum absolute atomic E-state index is 0.0460. The molecule has 0 saturated carbocycles. The molecule has 2 N–H and O–H groups in total. The molecule has 1 aliphatic rings. The highest BCUT2D eigenvalue weighted by molar-refractivity contribution is 5.43. The summed E-state index contributed by atoms with van der Waals surface area (Å²) in [5.41, 5.74) is 4.33. The molecule has 2 aromatic carbocycles. The third-order valence-electron chi connectivity index (χ3n) is 4.20. The van der Waals surface area contributed by atoms with Gasteiger partial charge in [-0.05, 0) is 68.0 Å². The second kappa shape index (κ2) is 6.37. The van der Waals surface area contributed by atoms with Crippen molar-refractivity contribution in [2.24, 2.45) is 0 Å². The summed E-state index contributed by atoms with van der Waals surface area (Å²) >= 11 is 0. The van der Waals surface area contributed by atoms with E-state index >= 15 is 0 Å². The van der Waals surface area contributed by atoms with Crippen LogP contribution in [-0.4, -0.2) is 10.2 Å². The highest BCUT2D eigenvalue weighted by Crippen LogP contribution is 2.37. The van der Waals surface area contributed by atoms with Crippen molar-refractivity contribution in [3.63, 3.8) is 0 Å². The second-order valence-electron chi connectivity index (χ2n) is 6.31. The zero-order valence-corrected chi connectivity index (χ0v) is 13.5. The van der Waals surface area contributed by atoms with E-state index in [1.807, 2.05) is 18.2 Å². The molecule has 0 amide bonds. The molecule has 23 heavy (non-hydrogen) atoms. The molecule has 120 valence electrons. The molecule has 0 fully saturated rings. The predicted octanol–water partition coefficient (Wildman–Crippen LogP) is 4.67. The highest BCUT2D eigenvalue weighted by atomic mass is 16.5. The lowest BCUT2D eigenvalue weighted by Crippen LogP contribution is -2.15. The van der Waals surface area contributed by atoms with Gasteiger partial charge in [-0.25, -0.2) is 0 Å². The minimum atomic E-state index is -0.0460. The van der Waals surface area contributed by atoms with E-state index in [0.717, 1.165) is 35.3 Å². The van der Waals surface area contributed by atoms with Crippen LogP contribution in [0.3, 0.4) is 0 Å². The Morgan fingerprint density at radius 2 is 2.00 bits per heavy atom. The zero-order chi connectivity index (χ0) is 16.4. The van der Waals surface area contributed by atoms with E-state index < -0.39 is 0 Å². The number of allylic oxidation sites excluding steroid dienone is 2. The maximum atomic E-state index is 10.0. The average Bonchev–Trinajstić information content (AvgIpc) is 2.53. The Balaban J connectivity index is 1.85. The quantitative estimate of drug-likeness (QED) is 0.810. The van der Waals surface area contributed by atoms with Crippen molar-refractivity contribution in [3.8, 4) is 17.2 Å². The number of hydrogen-bond donors (Lipinski definition) is 2. The van der Waals surface area contributed by atoms with Gasteiger partial charge in [-0.15, -0.1) is 0 Å². The topological polar surface area (TPSA) is 49.7 Å². The number of aryl methyl sites for hydroxylation is 1. The minimum Gasteiger partial charge on any atom is -0.508 e. The van der Waals surface area contributed by atoms with E-state index in [-0.39, 0.29) is 11.9 Å². The van der Waals surface area contributed by atoms with Crippen molar-refractivity contribution in [2.45, 2.75) is 39.2 Å². The summed E-state index contributed by atoms with van der Waals surface area (Å²) in [4.78, 5) is 0. The van der Waals surface area contributed by atoms with Gasteiger partial charge in [0.05, 0.1) is 0 Å². The van der Waals surface area contributed by atoms with Crippen molar-refractivity contribution >= 4 is 0 Å². The van der Waals surface area contributed by atoms with Crippen LogP contribution >= 0.6 is 0 Å². The molecule has 3 heteroatoms. The molecule has 3 rings (SSSR count). The van der Waals surface area contributed by atoms with Crippen LogP contribution in [0.15, 0.2) is 48.0 Å². The molecular formula is C20H22O3. The first-order valence-electron chi connectivity index (χ1n) is 7.96. The fourth-order valence-corrected chi connectivity index (χ4v) is 2.88. The molecule has 0 spiro atoms. The van der Waals surface area contributed by atoms with Crippen LogP contribution < -0.4 is 4.74 Å². The van der Waals surface area contributed by atoms with Crippen LogP contribution in [0.2, 0.25) is 0 Å². The SMILES string of the molecule is CC(C)=CCc1cc([C@H]2CCc3ccc(O)cc3O2)ccc1O. The van der Waals surface area contributed by atoms with Gasteiger partial charge in [0.1, 0.15) is 23.4 Å². The van der Waals surface area contributed by atoms with Gasteiger partial charge in [0.2, 0.25) is 0 Å². The van der Waals surface area contributed by atoms with Gasteiger partial charge in [0, 0.05) is 6.07 Å². The summed E-state index contributed by atoms with van der Waals surface area (Å²) in [7, 11) is 0. The normalized spacial score (nSPS) is 16.3. The molecule has 0 bridgehead atoms. The average molecular weight is 310 g/mol. The molecule has 1 aliphatic heterocycles. The summed E-state index contributed by atoms with van der Waals surface area (Å²) in [6, 6.07) is 11.0. The number of benzene rings is 2. The number of ether oxygens (including phenoxy) is 1. The fraction of sp³-hybridized carbons (Fsp3) is 0.300. The second-order valence-corrected chi connectivity index (χ2v) is 6.31. The molecule has 0 aromatic heterocycles. The molecule has 0 unspecified atom stereocenters. The summed E-state index contributed by atoms with van der Waals surface area (Å²) in [5.74, 6) is 1.29. The number of rotatable bonds is 3. The first-order valence-corrected chi connectivity index (χ1v) is 7.96. The van der Waals surface area contributed by atoms with Crippen molar-refractivity contribution in [1.82, 2.24) is 0 Å². The number of aromatic hydroxyl groups is 2. The van der Waals surface area contributed by atoms with E-state index in [4.69, 9.17) is 4.74 Å². The van der Waals surface area contributed by atoms with Crippen LogP contribution in [0.1, 0.15) is 43.1 Å². The fourth-order valence-electron chi connectivity index (χ4n) is 2.88. The Hall–Kier alpha value is -2.42. The summed E-state index contributed by atoms with van der Waals surface area (Å²) in [6.07, 6.45) is 4.59. The summed E-state index contributed by atoms with van der Waals surface area (Å²) in [5, 5.41) is 19.7. The van der Waals surface area contributed by atoms with Gasteiger partial charge in [-0.1, -0.05) is 23.8 Å². The van der Waals surface area contributed by atoms with E-state index in [1.54, 1.807) is 18.2 Å². The third-order valence-corrected chi connectivity index (χ3v) is 4.20. The van der Waals surface area contributed by atoms with Crippen molar-refractivity contribution in [2.75, 3.05) is 0 Å². The van der Waals surface area contributed by atoms with Gasteiger partial charge in [-0.2, -0.15) is 0 Å². The summed E-state index contributed by atoms with van der Waals surface area (Å²) < 4.78 is 6.06. The first-order chi connectivity index (χ1) is 11.0. The molecule has 2 aromatic rings. The van der Waals surface area contributed by atoms with Gasteiger partial charge in [-0.3, -0.25) is 0 Å². The third kappa shape index (κ3) is 3.50. The molecule has 0 aliphatic carbocycles. The molecule has 1 atom stereocenters. The summed E-state index contributed by atoms with van der Waals surface area (Å²) in [6.45, 7) is 4.10. The molecule has 3 nitrogen and oxygen atoms in total. The Bertz CT molecular complexity index is 743. The van der Waals surface area contributed by atoms with E-state index in [1.165, 1.54) is 5.57 Å². The number of phenolic OH excluding ortho intramolecular Hbond substituents is 2. The lowest BCUT2D eigenvalue weighted by molar-refractivity contribution is 0.176. The zero-order valence-electron chi connectivity index (χ0n) is 13.5. The highest BCUT2D eigenvalue weighted by Gasteiger charge is 2.22. The molecule has 0 saturated heterocycles. The van der Waals surface area contributed by atoms with Crippen LogP contribution in [0.4, 0.5) is 0 Å². The van der Waals surface area contributed by atoms with Crippen LogP contribution in [0.5, 0.6) is 17.2 Å². The van der Waals surface area contributed by atoms with Crippen LogP contribution in [0, 0.1) is 0 Å². The molecule has 1 heterocycles. The lowest BCUT2D eigenvalue weighted by Gasteiger charge is -2.27. The first kappa shape index (κ1) is 15.5. The van der Waals surface area contributed by atoms with Crippen molar-refractivity contribution < 1.29 is 14.9 Å². The monoisotopic (exact) mass is 310 g/mol. The Labute approximate surface area is 136 Å². The lowest BCUT2D eigenvalue weighted by atomic mass is 9.95. The van der Waals surface area contributed by atoms with Gasteiger partial charge in [0.15, 0.2) is 0 Å². The van der Waals surface area contributed by atoms with Crippen molar-refractivity contribution in [1.29, 1.82) is 0 Å². The largest absolute Gasteiger partial charge is 0.508 e. The van der Waals surface area contributed by atoms with Gasteiger partial charge in [0.25, 0.3) is 0 Å².